The Labute approximate surface area is 181 Å². The summed E-state index contributed by atoms with van der Waals surface area (Å²) in [5, 5.41) is 10.5. The monoisotopic (exact) mass is 417 g/mol. The first-order valence-corrected chi connectivity index (χ1v) is 11.4. The molecule has 0 spiro atoms. The Morgan fingerprint density at radius 3 is 2.28 bits per heavy atom. The van der Waals surface area contributed by atoms with Crippen molar-refractivity contribution in [2.45, 2.75) is 91.7 Å². The first-order valence-electron chi connectivity index (χ1n) is 11.0. The second kappa shape index (κ2) is 12.2. The first kappa shape index (κ1) is 23.7. The largest absolute Gasteiger partial charge is 0.361 e. The van der Waals surface area contributed by atoms with E-state index in [0.29, 0.717) is 33.8 Å². The smallest absolute Gasteiger partial charge is 0.144 e. The average Bonchev–Trinajstić information content (AvgIpc) is 3.04. The SMILES string of the molecule is CC(C)(C)CCCCCCCCCCCOCn1cc(C#N)c2c(Cl)ccnc21. The van der Waals surface area contributed by atoms with Gasteiger partial charge in [-0.2, -0.15) is 5.26 Å². The molecule has 5 heteroatoms. The maximum Gasteiger partial charge on any atom is 0.144 e. The summed E-state index contributed by atoms with van der Waals surface area (Å²) < 4.78 is 7.66. The summed E-state index contributed by atoms with van der Waals surface area (Å²) in [6.07, 6.45) is 16.5. The molecule has 160 valence electrons. The zero-order valence-electron chi connectivity index (χ0n) is 18.3. The number of hydrogen-bond donors (Lipinski definition) is 0. The third-order valence-corrected chi connectivity index (χ3v) is 5.59. The molecule has 29 heavy (non-hydrogen) atoms. The lowest BCUT2D eigenvalue weighted by molar-refractivity contribution is 0.0763. The number of ether oxygens (including phenoxy) is 1. The van der Waals surface area contributed by atoms with Crippen LogP contribution in [-0.4, -0.2) is 16.2 Å². The van der Waals surface area contributed by atoms with Crippen LogP contribution < -0.4 is 0 Å². The highest BCUT2D eigenvalue weighted by Gasteiger charge is 2.12. The van der Waals surface area contributed by atoms with Crippen LogP contribution in [0.4, 0.5) is 0 Å². The van der Waals surface area contributed by atoms with Crippen LogP contribution in [0.15, 0.2) is 18.5 Å². The summed E-state index contributed by atoms with van der Waals surface area (Å²) in [5.41, 5.74) is 1.73. The Hall–Kier alpha value is -1.57. The number of rotatable bonds is 13. The van der Waals surface area contributed by atoms with Crippen LogP contribution in [0.25, 0.3) is 11.0 Å². The van der Waals surface area contributed by atoms with Crippen molar-refractivity contribution in [2.24, 2.45) is 5.41 Å². The molecule has 0 fully saturated rings. The summed E-state index contributed by atoms with van der Waals surface area (Å²) >= 11 is 6.21. The number of hydrogen-bond acceptors (Lipinski definition) is 3. The molecule has 0 amide bonds. The van der Waals surface area contributed by atoms with E-state index in [1.54, 1.807) is 18.5 Å². The van der Waals surface area contributed by atoms with E-state index in [1.807, 2.05) is 4.57 Å². The van der Waals surface area contributed by atoms with Gasteiger partial charge in [0, 0.05) is 19.0 Å². The van der Waals surface area contributed by atoms with Gasteiger partial charge in [0.15, 0.2) is 0 Å². The van der Waals surface area contributed by atoms with E-state index in [2.05, 4.69) is 31.8 Å². The van der Waals surface area contributed by atoms with E-state index in [-0.39, 0.29) is 0 Å². The molecule has 0 saturated carbocycles. The van der Waals surface area contributed by atoms with Gasteiger partial charge in [-0.15, -0.1) is 0 Å². The minimum atomic E-state index is 0.403. The van der Waals surface area contributed by atoms with Crippen LogP contribution in [0.3, 0.4) is 0 Å². The Kier molecular flexibility index (Phi) is 9.97. The van der Waals surface area contributed by atoms with Crippen LogP contribution in [-0.2, 0) is 11.5 Å². The lowest BCUT2D eigenvalue weighted by Crippen LogP contribution is -2.03. The van der Waals surface area contributed by atoms with Crippen molar-refractivity contribution in [2.75, 3.05) is 6.61 Å². The minimum absolute atomic E-state index is 0.403. The zero-order chi connectivity index (χ0) is 21.1. The van der Waals surface area contributed by atoms with Crippen molar-refractivity contribution in [1.82, 2.24) is 9.55 Å². The summed E-state index contributed by atoms with van der Waals surface area (Å²) in [5.74, 6) is 0. The lowest BCUT2D eigenvalue weighted by atomic mass is 9.89. The predicted octanol–water partition coefficient (Wildman–Crippen LogP) is 7.48. The number of aromatic nitrogens is 2. The molecule has 0 bridgehead atoms. The Morgan fingerprint density at radius 2 is 1.66 bits per heavy atom. The second-order valence-corrected chi connectivity index (χ2v) is 9.55. The number of nitrogens with zero attached hydrogens (tertiary/aromatic N) is 3. The van der Waals surface area contributed by atoms with Gasteiger partial charge < -0.3 is 9.30 Å². The molecule has 0 aromatic carbocycles. The van der Waals surface area contributed by atoms with E-state index >= 15 is 0 Å². The molecule has 0 N–H and O–H groups in total. The summed E-state index contributed by atoms with van der Waals surface area (Å²) in [6.45, 7) is 8.11. The molecule has 0 unspecified atom stereocenters. The van der Waals surface area contributed by atoms with Crippen molar-refractivity contribution in [3.8, 4) is 6.07 Å². The highest BCUT2D eigenvalue weighted by molar-refractivity contribution is 6.35. The molecule has 0 aliphatic heterocycles. The van der Waals surface area contributed by atoms with Crippen molar-refractivity contribution < 1.29 is 4.74 Å². The molecule has 0 atom stereocenters. The number of unbranched alkanes of at least 4 members (excludes halogenated alkanes) is 8. The van der Waals surface area contributed by atoms with Gasteiger partial charge in [0.2, 0.25) is 0 Å². The molecule has 0 radical (unpaired) electrons. The van der Waals surface area contributed by atoms with Gasteiger partial charge in [-0.3, -0.25) is 0 Å². The number of pyridine rings is 1. The van der Waals surface area contributed by atoms with Crippen LogP contribution >= 0.6 is 11.6 Å². The van der Waals surface area contributed by atoms with Crippen LogP contribution in [0.1, 0.15) is 90.5 Å². The molecule has 0 saturated heterocycles. The van der Waals surface area contributed by atoms with Crippen LogP contribution in [0.5, 0.6) is 0 Å². The molecule has 2 aromatic rings. The average molecular weight is 418 g/mol. The Morgan fingerprint density at radius 1 is 1.03 bits per heavy atom. The fraction of sp³-hybridized carbons (Fsp3) is 0.667. The third-order valence-electron chi connectivity index (χ3n) is 5.27. The molecule has 0 aliphatic carbocycles. The van der Waals surface area contributed by atoms with E-state index in [1.165, 1.54) is 57.8 Å². The fourth-order valence-electron chi connectivity index (χ4n) is 3.62. The Balaban J connectivity index is 1.52. The van der Waals surface area contributed by atoms with Gasteiger partial charge in [-0.05, 0) is 24.3 Å². The van der Waals surface area contributed by atoms with E-state index in [9.17, 15) is 5.26 Å². The topological polar surface area (TPSA) is 50.8 Å². The van der Waals surface area contributed by atoms with Crippen molar-refractivity contribution in [3.05, 3.63) is 29.0 Å². The maximum atomic E-state index is 9.29. The molecule has 2 rings (SSSR count). The minimum Gasteiger partial charge on any atom is -0.361 e. The molecule has 0 aliphatic rings. The molecule has 2 heterocycles. The fourth-order valence-corrected chi connectivity index (χ4v) is 3.86. The van der Waals surface area contributed by atoms with E-state index in [4.69, 9.17) is 16.3 Å². The Bertz CT molecular complexity index is 786. The van der Waals surface area contributed by atoms with E-state index in [0.717, 1.165) is 13.0 Å². The second-order valence-electron chi connectivity index (χ2n) is 9.15. The first-order chi connectivity index (χ1) is 13.9. The molecule has 4 nitrogen and oxygen atoms in total. The highest BCUT2D eigenvalue weighted by atomic mass is 35.5. The normalized spacial score (nSPS) is 11.8. The summed E-state index contributed by atoms with van der Waals surface area (Å²) in [6, 6.07) is 3.89. The lowest BCUT2D eigenvalue weighted by Gasteiger charge is -2.17. The van der Waals surface area contributed by atoms with Crippen LogP contribution in [0.2, 0.25) is 5.02 Å². The highest BCUT2D eigenvalue weighted by Crippen LogP contribution is 2.26. The van der Waals surface area contributed by atoms with Crippen molar-refractivity contribution in [1.29, 1.82) is 5.26 Å². The molecular weight excluding hydrogens is 382 g/mol. The molecular formula is C24H36ClN3O. The van der Waals surface area contributed by atoms with Crippen LogP contribution in [0, 0.1) is 16.7 Å². The van der Waals surface area contributed by atoms with Crippen molar-refractivity contribution >= 4 is 22.6 Å². The summed E-state index contributed by atoms with van der Waals surface area (Å²) in [4.78, 5) is 4.35. The number of halogens is 1. The molecule has 2 aromatic heterocycles. The standard InChI is InChI=1S/C24H36ClN3O/c1-24(2,3)14-11-9-7-5-4-6-8-10-12-16-29-19-28-18-20(17-26)22-21(25)13-15-27-23(22)28/h13,15,18H,4-12,14,16,19H2,1-3H3. The van der Waals surface area contributed by atoms with Gasteiger partial charge in [0.25, 0.3) is 0 Å². The predicted molar refractivity (Wildman–Crippen MR) is 121 cm³/mol. The van der Waals surface area contributed by atoms with E-state index < -0.39 is 0 Å². The maximum absolute atomic E-state index is 9.29. The summed E-state index contributed by atoms with van der Waals surface area (Å²) in [7, 11) is 0. The van der Waals surface area contributed by atoms with Gasteiger partial charge >= 0.3 is 0 Å². The quantitative estimate of drug-likeness (QED) is 0.317. The third kappa shape index (κ3) is 8.36. The van der Waals surface area contributed by atoms with Gasteiger partial charge in [-0.25, -0.2) is 4.98 Å². The number of fused-ring (bicyclic) bond motifs is 1. The van der Waals surface area contributed by atoms with Crippen molar-refractivity contribution in [3.63, 3.8) is 0 Å². The van der Waals surface area contributed by atoms with Gasteiger partial charge in [-0.1, -0.05) is 83.7 Å². The zero-order valence-corrected chi connectivity index (χ0v) is 19.1. The number of nitriles is 1. The van der Waals surface area contributed by atoms with Gasteiger partial charge in [0.05, 0.1) is 16.0 Å². The van der Waals surface area contributed by atoms with Gasteiger partial charge in [0.1, 0.15) is 18.4 Å².